The lowest BCUT2D eigenvalue weighted by atomic mass is 10.2. The van der Waals surface area contributed by atoms with Crippen LogP contribution in [-0.2, 0) is 76.0 Å². The molecule has 0 aliphatic heterocycles. The zero-order valence-electron chi connectivity index (χ0n) is 28.4. The molecular formula is C31H56O17. The Labute approximate surface area is 282 Å². The van der Waals surface area contributed by atoms with Crippen LogP contribution in [0.4, 0.5) is 0 Å². The molecule has 0 bridgehead atoms. The molecule has 0 amide bonds. The first-order valence-corrected chi connectivity index (χ1v) is 16.3. The summed E-state index contributed by atoms with van der Waals surface area (Å²) in [5.74, 6) is -3.45. The molecule has 0 radical (unpaired) electrons. The molecule has 0 aliphatic carbocycles. The molecule has 0 fully saturated rings. The first-order valence-electron chi connectivity index (χ1n) is 16.3. The first-order chi connectivity index (χ1) is 23.5. The summed E-state index contributed by atoms with van der Waals surface area (Å²) in [6.45, 7) is 10.6. The van der Waals surface area contributed by atoms with Gasteiger partial charge in [-0.1, -0.05) is 6.92 Å². The number of carbonyl (C=O) groups is 4. The molecular weight excluding hydrogens is 644 g/mol. The van der Waals surface area contributed by atoms with Crippen LogP contribution in [0.15, 0.2) is 0 Å². The van der Waals surface area contributed by atoms with Crippen molar-refractivity contribution in [3.05, 3.63) is 0 Å². The van der Waals surface area contributed by atoms with Gasteiger partial charge in [-0.15, -0.1) is 0 Å². The molecule has 0 saturated heterocycles. The van der Waals surface area contributed by atoms with Crippen LogP contribution < -0.4 is 0 Å². The molecule has 0 unspecified atom stereocenters. The number of carboxylic acid groups (broad SMARTS) is 1. The van der Waals surface area contributed by atoms with E-state index in [4.69, 9.17) is 61.9 Å². The monoisotopic (exact) mass is 700 g/mol. The van der Waals surface area contributed by atoms with Crippen molar-refractivity contribution in [1.82, 2.24) is 0 Å². The topological polar surface area (TPSA) is 199 Å². The number of carbonyl (C=O) groups excluding carboxylic acids is 3. The van der Waals surface area contributed by atoms with E-state index in [0.717, 1.165) is 6.42 Å². The van der Waals surface area contributed by atoms with Crippen molar-refractivity contribution >= 4 is 23.7 Å². The second kappa shape index (κ2) is 37.5. The maximum atomic E-state index is 11.4. The summed E-state index contributed by atoms with van der Waals surface area (Å²) < 4.78 is 63.7. The van der Waals surface area contributed by atoms with E-state index in [9.17, 15) is 19.2 Å². The van der Waals surface area contributed by atoms with Crippen LogP contribution in [0.5, 0.6) is 0 Å². The fourth-order valence-corrected chi connectivity index (χ4v) is 3.18. The van der Waals surface area contributed by atoms with Gasteiger partial charge in [0, 0.05) is 12.8 Å². The molecule has 17 nitrogen and oxygen atoms in total. The number of esters is 2. The number of carboxylic acids is 1. The molecule has 0 rings (SSSR count). The lowest BCUT2D eigenvalue weighted by Crippen LogP contribution is -2.17. The molecule has 48 heavy (non-hydrogen) atoms. The third-order valence-electron chi connectivity index (χ3n) is 5.58. The van der Waals surface area contributed by atoms with Crippen molar-refractivity contribution in [2.45, 2.75) is 32.6 Å². The predicted octanol–water partition coefficient (Wildman–Crippen LogP) is 0.473. The van der Waals surface area contributed by atoms with Gasteiger partial charge >= 0.3 is 17.9 Å². The summed E-state index contributed by atoms with van der Waals surface area (Å²) in [4.78, 5) is 43.8. The number of rotatable bonds is 39. The maximum Gasteiger partial charge on any atom is 0.372 e. The molecule has 0 aliphatic rings. The smallest absolute Gasteiger partial charge is 0.372 e. The Bertz CT molecular complexity index is 767. The summed E-state index contributed by atoms with van der Waals surface area (Å²) >= 11 is 0. The summed E-state index contributed by atoms with van der Waals surface area (Å²) in [5.41, 5.74) is 0. The molecule has 0 saturated carbocycles. The molecule has 0 aromatic rings. The number of ether oxygens (including phenoxy) is 12. The molecule has 0 aromatic heterocycles. The van der Waals surface area contributed by atoms with E-state index in [1.165, 1.54) is 0 Å². The van der Waals surface area contributed by atoms with Gasteiger partial charge in [0.25, 0.3) is 0 Å². The average Bonchev–Trinajstić information content (AvgIpc) is 3.07. The van der Waals surface area contributed by atoms with Gasteiger partial charge in [-0.3, -0.25) is 14.4 Å². The zero-order valence-corrected chi connectivity index (χ0v) is 28.4. The number of hydrogen-bond donors (Lipinski definition) is 1. The molecule has 282 valence electrons. The predicted molar refractivity (Wildman–Crippen MR) is 167 cm³/mol. The Morgan fingerprint density at radius 1 is 0.354 bits per heavy atom. The van der Waals surface area contributed by atoms with Crippen LogP contribution >= 0.6 is 0 Å². The minimum absolute atomic E-state index is 0.00998. The summed E-state index contributed by atoms with van der Waals surface area (Å²) in [6.07, 6.45) is 0.539. The summed E-state index contributed by atoms with van der Waals surface area (Å²) in [7, 11) is 0. The minimum Gasteiger partial charge on any atom is -0.476 e. The molecule has 0 spiro atoms. The van der Waals surface area contributed by atoms with Gasteiger partial charge in [-0.05, 0) is 6.42 Å². The van der Waals surface area contributed by atoms with Gasteiger partial charge in [0.05, 0.1) is 139 Å². The van der Waals surface area contributed by atoms with Gasteiger partial charge in [0.15, 0.2) is 0 Å². The van der Waals surface area contributed by atoms with Gasteiger partial charge in [0.2, 0.25) is 5.78 Å². The highest BCUT2D eigenvalue weighted by Crippen LogP contribution is 1.95. The number of hydrogen-bond acceptors (Lipinski definition) is 16. The number of Topliss-reactive ketones (excluding diaryl/α,β-unsaturated/α-hetero) is 1. The molecule has 0 atom stereocenters. The van der Waals surface area contributed by atoms with Crippen molar-refractivity contribution < 1.29 is 81.1 Å². The first kappa shape index (κ1) is 45.7. The highest BCUT2D eigenvalue weighted by molar-refractivity contribution is 6.32. The van der Waals surface area contributed by atoms with Crippen molar-refractivity contribution in [3.63, 3.8) is 0 Å². The van der Waals surface area contributed by atoms with E-state index in [-0.39, 0.29) is 38.6 Å². The third kappa shape index (κ3) is 36.5. The second-order valence-corrected chi connectivity index (χ2v) is 9.54. The summed E-state index contributed by atoms with van der Waals surface area (Å²) in [6, 6.07) is 0. The normalized spacial score (nSPS) is 11.1. The Morgan fingerprint density at radius 3 is 0.812 bits per heavy atom. The van der Waals surface area contributed by atoms with Crippen molar-refractivity contribution in [2.24, 2.45) is 0 Å². The second-order valence-electron chi connectivity index (χ2n) is 9.54. The van der Waals surface area contributed by atoms with Crippen LogP contribution in [0.25, 0.3) is 0 Å². The summed E-state index contributed by atoms with van der Waals surface area (Å²) in [5, 5.41) is 8.44. The highest BCUT2D eigenvalue weighted by Gasteiger charge is 2.14. The van der Waals surface area contributed by atoms with E-state index in [1.54, 1.807) is 0 Å². The van der Waals surface area contributed by atoms with E-state index in [1.807, 2.05) is 6.92 Å². The zero-order chi connectivity index (χ0) is 35.2. The van der Waals surface area contributed by atoms with Gasteiger partial charge in [0.1, 0.15) is 13.2 Å². The Hall–Kier alpha value is -2.32. The van der Waals surface area contributed by atoms with Gasteiger partial charge in [-0.2, -0.15) is 0 Å². The van der Waals surface area contributed by atoms with Crippen LogP contribution in [-0.4, -0.2) is 174 Å². The fourth-order valence-electron chi connectivity index (χ4n) is 3.18. The van der Waals surface area contributed by atoms with Crippen molar-refractivity contribution in [2.75, 3.05) is 145 Å². The van der Waals surface area contributed by atoms with E-state index in [2.05, 4.69) is 0 Å². The molecule has 1 N–H and O–H groups in total. The van der Waals surface area contributed by atoms with Crippen LogP contribution in [0, 0.1) is 0 Å². The Balaban J connectivity index is 3.13. The lowest BCUT2D eigenvalue weighted by Gasteiger charge is -2.09. The molecule has 17 heteroatoms. The number of ketones is 1. The van der Waals surface area contributed by atoms with Crippen LogP contribution in [0.3, 0.4) is 0 Å². The minimum atomic E-state index is -1.57. The number of aliphatic carboxylic acids is 1. The standard InChI is InChI=1S/C31H56O17/c1-2-3-29(33)47-26-24-45-22-20-43-18-16-41-14-12-39-10-8-37-6-7-38-9-11-40-13-15-42-17-19-44-21-23-46-25-27-48-30(34)5-4-28(32)31(35)36/h2-27H2,1H3,(H,35,36). The van der Waals surface area contributed by atoms with Crippen molar-refractivity contribution in [1.29, 1.82) is 0 Å². The van der Waals surface area contributed by atoms with E-state index < -0.39 is 17.7 Å². The fraction of sp³-hybridized carbons (Fsp3) is 0.871. The highest BCUT2D eigenvalue weighted by atomic mass is 16.6. The van der Waals surface area contributed by atoms with E-state index in [0.29, 0.717) is 132 Å². The van der Waals surface area contributed by atoms with Crippen molar-refractivity contribution in [3.8, 4) is 0 Å². The Kier molecular flexibility index (Phi) is 35.7. The van der Waals surface area contributed by atoms with Crippen LogP contribution in [0.1, 0.15) is 32.6 Å². The lowest BCUT2D eigenvalue weighted by molar-refractivity contribution is -0.151. The quantitative estimate of drug-likeness (QED) is 0.0527. The Morgan fingerprint density at radius 2 is 0.583 bits per heavy atom. The van der Waals surface area contributed by atoms with Crippen LogP contribution in [0.2, 0.25) is 0 Å². The SMILES string of the molecule is CCCC(=O)OCCOCCOCCOCCOCCOCCOCCOCCOCCOCCOCCOC(=O)CCC(=O)C(=O)O. The largest absolute Gasteiger partial charge is 0.476 e. The average molecular weight is 701 g/mol. The van der Waals surface area contributed by atoms with Gasteiger partial charge in [-0.25, -0.2) is 4.79 Å². The molecule has 0 aromatic carbocycles. The molecule has 0 heterocycles. The van der Waals surface area contributed by atoms with E-state index >= 15 is 0 Å². The third-order valence-corrected chi connectivity index (χ3v) is 5.58. The van der Waals surface area contributed by atoms with Gasteiger partial charge < -0.3 is 61.9 Å². The maximum absolute atomic E-state index is 11.4.